The Morgan fingerprint density at radius 1 is 1.42 bits per heavy atom. The molecule has 1 aliphatic carbocycles. The molecule has 1 N–H and O–H groups in total. The van der Waals surface area contributed by atoms with E-state index in [1.807, 2.05) is 0 Å². The van der Waals surface area contributed by atoms with Crippen molar-refractivity contribution in [1.82, 2.24) is 0 Å². The minimum atomic E-state index is -0.403. The molecule has 0 aromatic heterocycles. The molecule has 19 heavy (non-hydrogen) atoms. The zero-order chi connectivity index (χ0) is 13.8. The van der Waals surface area contributed by atoms with Gasteiger partial charge in [-0.3, -0.25) is 10.1 Å². The number of hydrogen-bond donors (Lipinski definition) is 1. The summed E-state index contributed by atoms with van der Waals surface area (Å²) in [7, 11) is 1.56. The lowest BCUT2D eigenvalue weighted by Gasteiger charge is -2.27. The smallest absolute Gasteiger partial charge is 0.269 e. The van der Waals surface area contributed by atoms with Crippen molar-refractivity contribution in [3.05, 3.63) is 33.9 Å². The van der Waals surface area contributed by atoms with Gasteiger partial charge in [0.15, 0.2) is 0 Å². The van der Waals surface area contributed by atoms with E-state index in [0.717, 1.165) is 31.2 Å². The number of non-ortho nitro benzene ring substituents is 1. The Morgan fingerprint density at radius 2 is 2.16 bits per heavy atom. The molecule has 1 aromatic rings. The number of aliphatic hydroxyl groups excluding tert-OH is 1. The van der Waals surface area contributed by atoms with Gasteiger partial charge in [0.05, 0.1) is 18.1 Å². The number of nitro groups is 1. The van der Waals surface area contributed by atoms with Gasteiger partial charge in [-0.05, 0) is 31.2 Å². The summed E-state index contributed by atoms with van der Waals surface area (Å²) in [4.78, 5) is 10.4. The van der Waals surface area contributed by atoms with Crippen molar-refractivity contribution in [2.75, 3.05) is 7.11 Å². The molecule has 0 bridgehead atoms. The van der Waals surface area contributed by atoms with Crippen molar-refractivity contribution in [2.45, 2.75) is 38.2 Å². The summed E-state index contributed by atoms with van der Waals surface area (Å²) in [6.45, 7) is 0. The van der Waals surface area contributed by atoms with E-state index < -0.39 is 4.92 Å². The summed E-state index contributed by atoms with van der Waals surface area (Å²) in [6, 6.07) is 4.63. The Kier molecular flexibility index (Phi) is 4.37. The first kappa shape index (κ1) is 13.8. The minimum Gasteiger partial charge on any atom is -0.496 e. The van der Waals surface area contributed by atoms with Crippen LogP contribution < -0.4 is 4.74 Å². The summed E-state index contributed by atoms with van der Waals surface area (Å²) in [5.41, 5.74) is 0.878. The highest BCUT2D eigenvalue weighted by Crippen LogP contribution is 2.32. The summed E-state index contributed by atoms with van der Waals surface area (Å²) in [6.07, 6.45) is 4.28. The molecule has 104 valence electrons. The highest BCUT2D eigenvalue weighted by Gasteiger charge is 2.25. The number of methoxy groups -OCH3 is 1. The van der Waals surface area contributed by atoms with Gasteiger partial charge in [0.2, 0.25) is 0 Å². The second-order valence-corrected chi connectivity index (χ2v) is 5.07. The standard InChI is InChI=1S/C14H19NO4/c1-19-14-7-6-12(15(17)18)9-11(14)8-10-4-2-3-5-13(10)16/h6-7,9-10,13,16H,2-5,8H2,1H3. The van der Waals surface area contributed by atoms with Gasteiger partial charge >= 0.3 is 0 Å². The van der Waals surface area contributed by atoms with Crippen LogP contribution in [0.4, 0.5) is 5.69 Å². The number of benzene rings is 1. The van der Waals surface area contributed by atoms with Crippen LogP contribution in [0, 0.1) is 16.0 Å². The zero-order valence-electron chi connectivity index (χ0n) is 11.0. The summed E-state index contributed by atoms with van der Waals surface area (Å²) in [5, 5.41) is 20.8. The lowest BCUT2D eigenvalue weighted by Crippen LogP contribution is -2.26. The van der Waals surface area contributed by atoms with Gasteiger partial charge in [0, 0.05) is 17.7 Å². The Bertz CT molecular complexity index is 461. The summed E-state index contributed by atoms with van der Waals surface area (Å²) >= 11 is 0. The van der Waals surface area contributed by atoms with Crippen LogP contribution in [-0.2, 0) is 6.42 Å². The molecule has 0 aliphatic heterocycles. The third kappa shape index (κ3) is 3.23. The van der Waals surface area contributed by atoms with E-state index in [1.165, 1.54) is 6.07 Å². The maximum Gasteiger partial charge on any atom is 0.269 e. The van der Waals surface area contributed by atoms with E-state index >= 15 is 0 Å². The van der Waals surface area contributed by atoms with Crippen LogP contribution >= 0.6 is 0 Å². The molecular weight excluding hydrogens is 246 g/mol. The van der Waals surface area contributed by atoms with Crippen LogP contribution in [0.3, 0.4) is 0 Å². The van der Waals surface area contributed by atoms with Gasteiger partial charge < -0.3 is 9.84 Å². The average molecular weight is 265 g/mol. The van der Waals surface area contributed by atoms with Gasteiger partial charge in [-0.25, -0.2) is 0 Å². The third-order valence-electron chi connectivity index (χ3n) is 3.83. The number of nitrogens with zero attached hydrogens (tertiary/aromatic N) is 1. The first-order valence-corrected chi connectivity index (χ1v) is 6.61. The molecule has 2 unspecified atom stereocenters. The van der Waals surface area contributed by atoms with E-state index in [-0.39, 0.29) is 17.7 Å². The quantitative estimate of drug-likeness (QED) is 0.671. The maximum absolute atomic E-state index is 10.8. The molecule has 5 heteroatoms. The predicted octanol–water partition coefficient (Wildman–Crippen LogP) is 2.70. The molecule has 2 atom stereocenters. The highest BCUT2D eigenvalue weighted by molar-refractivity contribution is 5.44. The Morgan fingerprint density at radius 3 is 2.79 bits per heavy atom. The fraction of sp³-hybridized carbons (Fsp3) is 0.571. The zero-order valence-corrected chi connectivity index (χ0v) is 11.0. The van der Waals surface area contributed by atoms with Gasteiger partial charge in [-0.15, -0.1) is 0 Å². The first-order valence-electron chi connectivity index (χ1n) is 6.61. The molecule has 1 saturated carbocycles. The SMILES string of the molecule is COc1ccc([N+](=O)[O-])cc1CC1CCCCC1O. The molecule has 0 spiro atoms. The van der Waals surface area contributed by atoms with Crippen molar-refractivity contribution in [3.63, 3.8) is 0 Å². The number of rotatable bonds is 4. The van der Waals surface area contributed by atoms with E-state index in [2.05, 4.69) is 0 Å². The average Bonchev–Trinajstić information content (AvgIpc) is 2.41. The molecule has 1 aromatic carbocycles. The Balaban J connectivity index is 2.21. The Labute approximate surface area is 112 Å². The minimum absolute atomic E-state index is 0.0705. The number of hydrogen-bond acceptors (Lipinski definition) is 4. The fourth-order valence-electron chi connectivity index (χ4n) is 2.75. The van der Waals surface area contributed by atoms with Gasteiger partial charge in [-0.1, -0.05) is 12.8 Å². The third-order valence-corrected chi connectivity index (χ3v) is 3.83. The topological polar surface area (TPSA) is 72.6 Å². The molecule has 1 aliphatic rings. The number of ether oxygens (including phenoxy) is 1. The van der Waals surface area contributed by atoms with Crippen LogP contribution in [0.25, 0.3) is 0 Å². The van der Waals surface area contributed by atoms with Crippen molar-refractivity contribution < 1.29 is 14.8 Å². The lowest BCUT2D eigenvalue weighted by atomic mass is 9.82. The van der Waals surface area contributed by atoms with E-state index in [4.69, 9.17) is 4.74 Å². The molecule has 0 heterocycles. The molecule has 0 amide bonds. The first-order chi connectivity index (χ1) is 9.11. The van der Waals surface area contributed by atoms with Crippen molar-refractivity contribution >= 4 is 5.69 Å². The summed E-state index contributed by atoms with van der Waals surface area (Å²) < 4.78 is 5.25. The number of nitro benzene ring substituents is 1. The van der Waals surface area contributed by atoms with Crippen LogP contribution in [0.15, 0.2) is 18.2 Å². The van der Waals surface area contributed by atoms with Crippen molar-refractivity contribution in [1.29, 1.82) is 0 Å². The van der Waals surface area contributed by atoms with Gasteiger partial charge in [0.1, 0.15) is 5.75 Å². The predicted molar refractivity (Wildman–Crippen MR) is 71.3 cm³/mol. The van der Waals surface area contributed by atoms with E-state index in [1.54, 1.807) is 19.2 Å². The molecule has 5 nitrogen and oxygen atoms in total. The van der Waals surface area contributed by atoms with Gasteiger partial charge in [0.25, 0.3) is 5.69 Å². The van der Waals surface area contributed by atoms with Crippen LogP contribution in [0.1, 0.15) is 31.2 Å². The van der Waals surface area contributed by atoms with Crippen LogP contribution in [0.5, 0.6) is 5.75 Å². The molecule has 2 rings (SSSR count). The molecule has 0 saturated heterocycles. The molecular formula is C14H19NO4. The highest BCUT2D eigenvalue weighted by atomic mass is 16.6. The van der Waals surface area contributed by atoms with Gasteiger partial charge in [-0.2, -0.15) is 0 Å². The molecule has 1 fully saturated rings. The van der Waals surface area contributed by atoms with Crippen LogP contribution in [-0.4, -0.2) is 23.2 Å². The van der Waals surface area contributed by atoms with Crippen molar-refractivity contribution in [2.24, 2.45) is 5.92 Å². The normalized spacial score (nSPS) is 23.1. The maximum atomic E-state index is 10.8. The second-order valence-electron chi connectivity index (χ2n) is 5.07. The fourth-order valence-corrected chi connectivity index (χ4v) is 2.75. The monoisotopic (exact) mass is 265 g/mol. The summed E-state index contributed by atoms with van der Waals surface area (Å²) in [5.74, 6) is 0.827. The number of aliphatic hydroxyl groups is 1. The van der Waals surface area contributed by atoms with Crippen LogP contribution in [0.2, 0.25) is 0 Å². The Hall–Kier alpha value is -1.62. The largest absolute Gasteiger partial charge is 0.496 e. The second kappa shape index (κ2) is 6.02. The van der Waals surface area contributed by atoms with E-state index in [0.29, 0.717) is 12.2 Å². The van der Waals surface area contributed by atoms with Crippen molar-refractivity contribution in [3.8, 4) is 5.75 Å². The lowest BCUT2D eigenvalue weighted by molar-refractivity contribution is -0.384. The molecule has 0 radical (unpaired) electrons. The van der Waals surface area contributed by atoms with E-state index in [9.17, 15) is 15.2 Å².